The van der Waals surface area contributed by atoms with Crippen molar-refractivity contribution in [3.8, 4) is 0 Å². The second kappa shape index (κ2) is 12.6. The van der Waals surface area contributed by atoms with Gasteiger partial charge in [0.25, 0.3) is 0 Å². The first-order valence-electron chi connectivity index (χ1n) is 10.7. The summed E-state index contributed by atoms with van der Waals surface area (Å²) in [4.78, 5) is 7.10. The number of guanidine groups is 1. The molecule has 0 spiro atoms. The molecular weight excluding hydrogens is 352 g/mol. The third kappa shape index (κ3) is 7.68. The highest BCUT2D eigenvalue weighted by Gasteiger charge is 2.13. The molecule has 1 unspecified atom stereocenters. The summed E-state index contributed by atoms with van der Waals surface area (Å²) >= 11 is 0. The summed E-state index contributed by atoms with van der Waals surface area (Å²) in [5.74, 6) is 1.38. The summed E-state index contributed by atoms with van der Waals surface area (Å²) in [5.41, 5.74) is 2.47. The number of morpholine rings is 1. The first-order valence-corrected chi connectivity index (χ1v) is 10.7. The molecule has 1 aliphatic rings. The summed E-state index contributed by atoms with van der Waals surface area (Å²) in [5, 5.41) is 6.76. The van der Waals surface area contributed by atoms with E-state index in [4.69, 9.17) is 14.5 Å². The lowest BCUT2D eigenvalue weighted by Gasteiger charge is -2.28. The van der Waals surface area contributed by atoms with Crippen molar-refractivity contribution in [2.75, 3.05) is 50.9 Å². The molecule has 6 nitrogen and oxygen atoms in total. The van der Waals surface area contributed by atoms with Crippen LogP contribution in [0.1, 0.15) is 39.7 Å². The smallest absolute Gasteiger partial charge is 0.191 e. The molecule has 0 amide bonds. The molecule has 2 rings (SSSR count). The Hall–Kier alpha value is -1.79. The van der Waals surface area contributed by atoms with E-state index in [1.165, 1.54) is 11.3 Å². The van der Waals surface area contributed by atoms with Crippen molar-refractivity contribution < 1.29 is 9.47 Å². The molecule has 0 saturated carbocycles. The summed E-state index contributed by atoms with van der Waals surface area (Å²) < 4.78 is 11.2. The standard InChI is InChI=1S/C22H38N4O2/c1-5-23-22(24-12-11-21(18(3)4)28-6-2)25-17-19-7-9-20(10-8-19)26-13-15-27-16-14-26/h7-10,18,21H,5-6,11-17H2,1-4H3,(H2,23,24,25). The van der Waals surface area contributed by atoms with Gasteiger partial charge in [0.2, 0.25) is 0 Å². The monoisotopic (exact) mass is 390 g/mol. The van der Waals surface area contributed by atoms with Crippen LogP contribution in [0.5, 0.6) is 0 Å². The molecule has 1 aliphatic heterocycles. The van der Waals surface area contributed by atoms with Crippen molar-refractivity contribution in [2.45, 2.75) is 46.8 Å². The first-order chi connectivity index (χ1) is 13.6. The summed E-state index contributed by atoms with van der Waals surface area (Å²) in [7, 11) is 0. The minimum atomic E-state index is 0.285. The van der Waals surface area contributed by atoms with E-state index < -0.39 is 0 Å². The molecule has 0 aromatic heterocycles. The van der Waals surface area contributed by atoms with Gasteiger partial charge in [-0.1, -0.05) is 26.0 Å². The van der Waals surface area contributed by atoms with Crippen molar-refractivity contribution in [3.05, 3.63) is 29.8 Å². The van der Waals surface area contributed by atoms with Crippen LogP contribution < -0.4 is 15.5 Å². The van der Waals surface area contributed by atoms with Crippen LogP contribution >= 0.6 is 0 Å². The Balaban J connectivity index is 1.85. The number of aliphatic imine (C=N–C) groups is 1. The Bertz CT molecular complexity index is 568. The number of hydrogen-bond acceptors (Lipinski definition) is 4. The van der Waals surface area contributed by atoms with Gasteiger partial charge in [-0.15, -0.1) is 0 Å². The van der Waals surface area contributed by atoms with E-state index in [1.54, 1.807) is 0 Å². The SMILES string of the molecule is CCNC(=NCc1ccc(N2CCOCC2)cc1)NCCC(OCC)C(C)C. The van der Waals surface area contributed by atoms with Crippen molar-refractivity contribution in [2.24, 2.45) is 10.9 Å². The fraction of sp³-hybridized carbons (Fsp3) is 0.682. The second-order valence-electron chi connectivity index (χ2n) is 7.41. The highest BCUT2D eigenvalue weighted by molar-refractivity contribution is 5.79. The van der Waals surface area contributed by atoms with Crippen molar-refractivity contribution in [1.29, 1.82) is 0 Å². The molecule has 0 radical (unpaired) electrons. The lowest BCUT2D eigenvalue weighted by atomic mass is 10.0. The average molecular weight is 391 g/mol. The van der Waals surface area contributed by atoms with Gasteiger partial charge in [-0.05, 0) is 43.9 Å². The van der Waals surface area contributed by atoms with Gasteiger partial charge in [0.05, 0.1) is 25.9 Å². The zero-order valence-electron chi connectivity index (χ0n) is 18.0. The van der Waals surface area contributed by atoms with Crippen LogP contribution in [0.25, 0.3) is 0 Å². The quantitative estimate of drug-likeness (QED) is 0.475. The molecule has 1 saturated heterocycles. The van der Waals surface area contributed by atoms with Crippen LogP contribution in [0.3, 0.4) is 0 Å². The number of nitrogens with zero attached hydrogens (tertiary/aromatic N) is 2. The predicted molar refractivity (Wildman–Crippen MR) is 117 cm³/mol. The minimum Gasteiger partial charge on any atom is -0.378 e. The van der Waals surface area contributed by atoms with Gasteiger partial charge in [0.15, 0.2) is 5.96 Å². The molecule has 158 valence electrons. The highest BCUT2D eigenvalue weighted by Crippen LogP contribution is 2.17. The number of benzene rings is 1. The lowest BCUT2D eigenvalue weighted by molar-refractivity contribution is 0.0258. The van der Waals surface area contributed by atoms with Gasteiger partial charge in [-0.2, -0.15) is 0 Å². The number of nitrogens with one attached hydrogen (secondary N) is 2. The lowest BCUT2D eigenvalue weighted by Crippen LogP contribution is -2.39. The largest absolute Gasteiger partial charge is 0.378 e. The Morgan fingerprint density at radius 2 is 1.86 bits per heavy atom. The number of anilines is 1. The Morgan fingerprint density at radius 3 is 2.46 bits per heavy atom. The van der Waals surface area contributed by atoms with E-state index in [0.29, 0.717) is 12.5 Å². The topological polar surface area (TPSA) is 58.1 Å². The minimum absolute atomic E-state index is 0.285. The predicted octanol–water partition coefficient (Wildman–Crippen LogP) is 3.03. The van der Waals surface area contributed by atoms with E-state index in [9.17, 15) is 0 Å². The van der Waals surface area contributed by atoms with Crippen molar-refractivity contribution >= 4 is 11.6 Å². The van der Waals surface area contributed by atoms with Gasteiger partial charge < -0.3 is 25.0 Å². The second-order valence-corrected chi connectivity index (χ2v) is 7.41. The van der Waals surface area contributed by atoms with Crippen LogP contribution in [-0.4, -0.2) is 58.1 Å². The van der Waals surface area contributed by atoms with Crippen molar-refractivity contribution in [1.82, 2.24) is 10.6 Å². The maximum Gasteiger partial charge on any atom is 0.191 e. The molecule has 6 heteroatoms. The van der Waals surface area contributed by atoms with Crippen LogP contribution in [0, 0.1) is 5.92 Å². The molecule has 0 bridgehead atoms. The third-order valence-corrected chi connectivity index (χ3v) is 4.92. The summed E-state index contributed by atoms with van der Waals surface area (Å²) in [6, 6.07) is 8.71. The molecule has 2 N–H and O–H groups in total. The van der Waals surface area contributed by atoms with E-state index in [2.05, 4.69) is 67.5 Å². The number of hydrogen-bond donors (Lipinski definition) is 2. The molecular formula is C22H38N4O2. The molecule has 0 aliphatic carbocycles. The molecule has 1 heterocycles. The van der Waals surface area contributed by atoms with E-state index in [1.807, 2.05) is 0 Å². The van der Waals surface area contributed by atoms with Crippen LogP contribution in [-0.2, 0) is 16.0 Å². The highest BCUT2D eigenvalue weighted by atomic mass is 16.5. The van der Waals surface area contributed by atoms with Crippen molar-refractivity contribution in [3.63, 3.8) is 0 Å². The number of ether oxygens (including phenoxy) is 2. The summed E-state index contributed by atoms with van der Waals surface area (Å²) in [6.07, 6.45) is 1.26. The zero-order valence-corrected chi connectivity index (χ0v) is 18.0. The van der Waals surface area contributed by atoms with Crippen LogP contribution in [0.2, 0.25) is 0 Å². The van der Waals surface area contributed by atoms with Crippen LogP contribution in [0.15, 0.2) is 29.3 Å². The molecule has 1 atom stereocenters. The van der Waals surface area contributed by atoms with E-state index >= 15 is 0 Å². The van der Waals surface area contributed by atoms with E-state index in [0.717, 1.165) is 58.4 Å². The number of rotatable bonds is 10. The van der Waals surface area contributed by atoms with Gasteiger partial charge >= 0.3 is 0 Å². The molecule has 1 aromatic carbocycles. The van der Waals surface area contributed by atoms with Gasteiger partial charge in [0, 0.05) is 38.5 Å². The molecule has 1 fully saturated rings. The zero-order chi connectivity index (χ0) is 20.2. The third-order valence-electron chi connectivity index (χ3n) is 4.92. The average Bonchev–Trinajstić information content (AvgIpc) is 2.72. The summed E-state index contributed by atoms with van der Waals surface area (Å²) in [6.45, 7) is 15.2. The maximum atomic E-state index is 5.82. The molecule has 1 aromatic rings. The Kier molecular flexibility index (Phi) is 10.1. The normalized spacial score (nSPS) is 16.3. The fourth-order valence-electron chi connectivity index (χ4n) is 3.30. The molecule has 28 heavy (non-hydrogen) atoms. The van der Waals surface area contributed by atoms with Gasteiger partial charge in [0.1, 0.15) is 0 Å². The van der Waals surface area contributed by atoms with E-state index in [-0.39, 0.29) is 6.10 Å². The van der Waals surface area contributed by atoms with Crippen LogP contribution in [0.4, 0.5) is 5.69 Å². The Morgan fingerprint density at radius 1 is 1.14 bits per heavy atom. The van der Waals surface area contributed by atoms with Gasteiger partial charge in [-0.3, -0.25) is 0 Å². The van der Waals surface area contributed by atoms with Gasteiger partial charge in [-0.25, -0.2) is 4.99 Å². The first kappa shape index (κ1) is 22.5. The fourth-order valence-corrected chi connectivity index (χ4v) is 3.30. The maximum absolute atomic E-state index is 5.82. The Labute approximate surface area is 170 Å².